The monoisotopic (exact) mass is 302 g/mol. The van der Waals surface area contributed by atoms with Crippen molar-refractivity contribution in [1.82, 2.24) is 10.6 Å². The highest BCUT2D eigenvalue weighted by Crippen LogP contribution is 2.28. The molecule has 2 fully saturated rings. The van der Waals surface area contributed by atoms with E-state index < -0.39 is 0 Å². The van der Waals surface area contributed by atoms with Crippen LogP contribution in [0.25, 0.3) is 0 Å². The van der Waals surface area contributed by atoms with Crippen molar-refractivity contribution in [3.05, 3.63) is 24.3 Å². The molecule has 2 saturated heterocycles. The van der Waals surface area contributed by atoms with E-state index in [0.717, 1.165) is 30.8 Å². The van der Waals surface area contributed by atoms with Crippen molar-refractivity contribution in [2.75, 3.05) is 36.4 Å². The van der Waals surface area contributed by atoms with Gasteiger partial charge < -0.3 is 16.0 Å². The van der Waals surface area contributed by atoms with Gasteiger partial charge in [0.05, 0.1) is 5.41 Å². The van der Waals surface area contributed by atoms with Crippen LogP contribution in [0.4, 0.5) is 16.2 Å². The van der Waals surface area contributed by atoms with Gasteiger partial charge in [0.2, 0.25) is 5.91 Å². The Morgan fingerprint density at radius 2 is 2.23 bits per heavy atom. The summed E-state index contributed by atoms with van der Waals surface area (Å²) in [5.41, 5.74) is 1.16. The molecule has 3 rings (SSSR count). The molecule has 1 unspecified atom stereocenters. The van der Waals surface area contributed by atoms with Crippen molar-refractivity contribution in [1.29, 1.82) is 0 Å². The predicted octanol–water partition coefficient (Wildman–Crippen LogP) is 1.54. The number of amides is 3. The highest BCUT2D eigenvalue weighted by atomic mass is 16.2. The van der Waals surface area contributed by atoms with Gasteiger partial charge in [0.15, 0.2) is 0 Å². The van der Waals surface area contributed by atoms with Crippen molar-refractivity contribution >= 4 is 23.3 Å². The van der Waals surface area contributed by atoms with Crippen molar-refractivity contribution in [2.24, 2.45) is 5.41 Å². The molecule has 3 N–H and O–H groups in total. The van der Waals surface area contributed by atoms with Gasteiger partial charge in [-0.2, -0.15) is 0 Å². The second kappa shape index (κ2) is 5.96. The van der Waals surface area contributed by atoms with E-state index in [9.17, 15) is 9.59 Å². The number of urea groups is 1. The molecule has 1 aromatic rings. The molecule has 6 nitrogen and oxygen atoms in total. The Morgan fingerprint density at radius 3 is 2.91 bits per heavy atom. The molecule has 1 atom stereocenters. The SMILES string of the molecule is CC1(C(=O)Nc2cccc(N3CCNC3=O)c2)CCCNC1. The van der Waals surface area contributed by atoms with Gasteiger partial charge >= 0.3 is 6.03 Å². The lowest BCUT2D eigenvalue weighted by atomic mass is 9.82. The first-order chi connectivity index (χ1) is 10.6. The summed E-state index contributed by atoms with van der Waals surface area (Å²) in [6.45, 7) is 4.97. The summed E-state index contributed by atoms with van der Waals surface area (Å²) in [6.07, 6.45) is 1.90. The maximum absolute atomic E-state index is 12.5. The quantitative estimate of drug-likeness (QED) is 0.793. The highest BCUT2D eigenvalue weighted by Gasteiger charge is 2.34. The van der Waals surface area contributed by atoms with Gasteiger partial charge in [-0.25, -0.2) is 4.79 Å². The van der Waals surface area contributed by atoms with Crippen molar-refractivity contribution in [3.63, 3.8) is 0 Å². The van der Waals surface area contributed by atoms with Crippen molar-refractivity contribution in [2.45, 2.75) is 19.8 Å². The summed E-state index contributed by atoms with van der Waals surface area (Å²) in [7, 11) is 0. The van der Waals surface area contributed by atoms with Gasteiger partial charge in [-0.3, -0.25) is 9.69 Å². The van der Waals surface area contributed by atoms with Crippen LogP contribution in [0.3, 0.4) is 0 Å². The van der Waals surface area contributed by atoms with E-state index in [2.05, 4.69) is 16.0 Å². The fourth-order valence-electron chi connectivity index (χ4n) is 3.00. The lowest BCUT2D eigenvalue weighted by Crippen LogP contribution is -2.46. The Balaban J connectivity index is 1.72. The van der Waals surface area contributed by atoms with E-state index in [0.29, 0.717) is 19.6 Å². The van der Waals surface area contributed by atoms with E-state index in [4.69, 9.17) is 0 Å². The van der Waals surface area contributed by atoms with Crippen LogP contribution in [0.5, 0.6) is 0 Å². The zero-order valence-corrected chi connectivity index (χ0v) is 12.8. The predicted molar refractivity (Wildman–Crippen MR) is 86.0 cm³/mol. The zero-order chi connectivity index (χ0) is 15.6. The molecule has 0 spiro atoms. The number of carbonyl (C=O) groups excluding carboxylic acids is 2. The largest absolute Gasteiger partial charge is 0.336 e. The minimum atomic E-state index is -0.376. The molecular formula is C16H22N4O2. The number of carbonyl (C=O) groups is 2. The van der Waals surface area contributed by atoms with Gasteiger partial charge in [-0.1, -0.05) is 6.07 Å². The highest BCUT2D eigenvalue weighted by molar-refractivity contribution is 5.97. The molecule has 2 aliphatic heterocycles. The van der Waals surface area contributed by atoms with Gasteiger partial charge in [0, 0.05) is 31.0 Å². The molecule has 6 heteroatoms. The number of anilines is 2. The van der Waals surface area contributed by atoms with Crippen molar-refractivity contribution in [3.8, 4) is 0 Å². The second-order valence-corrected chi connectivity index (χ2v) is 6.23. The minimum Gasteiger partial charge on any atom is -0.336 e. The molecule has 2 heterocycles. The van der Waals surface area contributed by atoms with Crippen LogP contribution in [-0.4, -0.2) is 38.1 Å². The average Bonchev–Trinajstić information content (AvgIpc) is 2.94. The van der Waals surface area contributed by atoms with Gasteiger partial charge in [0.25, 0.3) is 0 Å². The average molecular weight is 302 g/mol. The molecule has 0 aliphatic carbocycles. The van der Waals surface area contributed by atoms with Crippen LogP contribution in [0, 0.1) is 5.41 Å². The van der Waals surface area contributed by atoms with Crippen LogP contribution in [0.2, 0.25) is 0 Å². The number of rotatable bonds is 3. The second-order valence-electron chi connectivity index (χ2n) is 6.23. The number of nitrogens with one attached hydrogen (secondary N) is 3. The standard InChI is InChI=1S/C16H22N4O2/c1-16(6-3-7-17-11-16)14(21)19-12-4-2-5-13(10-12)20-9-8-18-15(20)22/h2,4-5,10,17H,3,6-9,11H2,1H3,(H,18,22)(H,19,21). The first kappa shape index (κ1) is 14.8. The number of benzene rings is 1. The summed E-state index contributed by atoms with van der Waals surface area (Å²) < 4.78 is 0. The Bertz CT molecular complexity index is 581. The minimum absolute atomic E-state index is 0.0303. The lowest BCUT2D eigenvalue weighted by Gasteiger charge is -2.32. The summed E-state index contributed by atoms with van der Waals surface area (Å²) >= 11 is 0. The molecule has 0 aromatic heterocycles. The van der Waals surface area contributed by atoms with E-state index in [1.807, 2.05) is 31.2 Å². The molecule has 0 saturated carbocycles. The molecule has 2 aliphatic rings. The first-order valence-corrected chi connectivity index (χ1v) is 7.76. The third-order valence-corrected chi connectivity index (χ3v) is 4.42. The van der Waals surface area contributed by atoms with Crippen molar-refractivity contribution < 1.29 is 9.59 Å². The van der Waals surface area contributed by atoms with E-state index in [-0.39, 0.29) is 17.4 Å². The van der Waals surface area contributed by atoms with Crippen LogP contribution in [0.15, 0.2) is 24.3 Å². The number of piperidine rings is 1. The molecule has 3 amide bonds. The Labute approximate surface area is 130 Å². The maximum atomic E-state index is 12.5. The fraction of sp³-hybridized carbons (Fsp3) is 0.500. The summed E-state index contributed by atoms with van der Waals surface area (Å²) in [4.78, 5) is 25.9. The number of hydrogen-bond acceptors (Lipinski definition) is 3. The third-order valence-electron chi connectivity index (χ3n) is 4.42. The molecular weight excluding hydrogens is 280 g/mol. The third kappa shape index (κ3) is 2.92. The molecule has 118 valence electrons. The summed E-state index contributed by atoms with van der Waals surface area (Å²) in [6, 6.07) is 7.35. The molecule has 0 radical (unpaired) electrons. The van der Waals surface area contributed by atoms with Crippen LogP contribution in [0.1, 0.15) is 19.8 Å². The summed E-state index contributed by atoms with van der Waals surface area (Å²) in [5.74, 6) is 0.0303. The van der Waals surface area contributed by atoms with Crippen LogP contribution >= 0.6 is 0 Å². The number of hydrogen-bond donors (Lipinski definition) is 3. The van der Waals surface area contributed by atoms with Gasteiger partial charge in [-0.15, -0.1) is 0 Å². The van der Waals surface area contributed by atoms with Crippen LogP contribution < -0.4 is 20.9 Å². The zero-order valence-electron chi connectivity index (χ0n) is 12.8. The molecule has 1 aromatic carbocycles. The topological polar surface area (TPSA) is 73.5 Å². The van der Waals surface area contributed by atoms with E-state index in [1.165, 1.54) is 0 Å². The Morgan fingerprint density at radius 1 is 1.36 bits per heavy atom. The van der Waals surface area contributed by atoms with Crippen LogP contribution in [-0.2, 0) is 4.79 Å². The van der Waals surface area contributed by atoms with Gasteiger partial charge in [0.1, 0.15) is 0 Å². The Hall–Kier alpha value is -2.08. The van der Waals surface area contributed by atoms with Gasteiger partial charge in [-0.05, 0) is 44.5 Å². The first-order valence-electron chi connectivity index (χ1n) is 7.76. The fourth-order valence-corrected chi connectivity index (χ4v) is 3.00. The Kier molecular flexibility index (Phi) is 4.02. The number of nitrogens with zero attached hydrogens (tertiary/aromatic N) is 1. The molecule has 0 bridgehead atoms. The maximum Gasteiger partial charge on any atom is 0.321 e. The normalized spacial score (nSPS) is 25.0. The lowest BCUT2D eigenvalue weighted by molar-refractivity contribution is -0.125. The molecule has 22 heavy (non-hydrogen) atoms. The summed E-state index contributed by atoms with van der Waals surface area (Å²) in [5, 5.41) is 9.05. The van der Waals surface area contributed by atoms with E-state index in [1.54, 1.807) is 4.90 Å². The smallest absolute Gasteiger partial charge is 0.321 e. The van der Waals surface area contributed by atoms with E-state index >= 15 is 0 Å².